The van der Waals surface area contributed by atoms with Gasteiger partial charge >= 0.3 is 5.97 Å². The minimum absolute atomic E-state index is 0.137. The van der Waals surface area contributed by atoms with Crippen LogP contribution >= 0.6 is 0 Å². The summed E-state index contributed by atoms with van der Waals surface area (Å²) in [5, 5.41) is 4.84. The Morgan fingerprint density at radius 1 is 1.00 bits per heavy atom. The Labute approximate surface area is 202 Å². The van der Waals surface area contributed by atoms with Crippen molar-refractivity contribution >= 4 is 23.2 Å². The molecule has 2 aromatic carbocycles. The molecule has 0 unspecified atom stereocenters. The maximum Gasteiger partial charge on any atom is 0.343 e. The van der Waals surface area contributed by atoms with Crippen LogP contribution in [-0.4, -0.2) is 41.0 Å². The number of ether oxygens (including phenoxy) is 2. The number of methoxy groups -OCH3 is 1. The second-order valence-corrected chi connectivity index (χ2v) is 7.89. The van der Waals surface area contributed by atoms with E-state index < -0.39 is 17.7 Å². The van der Waals surface area contributed by atoms with Gasteiger partial charge in [0.15, 0.2) is 6.61 Å². The normalized spacial score (nSPS) is 10.8. The minimum atomic E-state index is -1.08. The fourth-order valence-corrected chi connectivity index (χ4v) is 4.10. The van der Waals surface area contributed by atoms with Crippen LogP contribution in [0.3, 0.4) is 0 Å². The molecule has 0 bridgehead atoms. The van der Waals surface area contributed by atoms with Gasteiger partial charge in [-0.15, -0.1) is 0 Å². The molecular weight excluding hydrogens is 446 g/mol. The number of aromatic nitrogens is 2. The van der Waals surface area contributed by atoms with Gasteiger partial charge in [0.05, 0.1) is 24.1 Å². The molecule has 2 aromatic heterocycles. The Kier molecular flexibility index (Phi) is 6.91. The molecule has 4 aromatic rings. The molecule has 2 N–H and O–H groups in total. The van der Waals surface area contributed by atoms with Gasteiger partial charge in [-0.1, -0.05) is 67.6 Å². The van der Waals surface area contributed by atoms with Crippen molar-refractivity contribution in [3.05, 3.63) is 89.1 Å². The van der Waals surface area contributed by atoms with E-state index in [1.54, 1.807) is 10.6 Å². The maximum absolute atomic E-state index is 13.0. The first-order valence-electron chi connectivity index (χ1n) is 11.1. The lowest BCUT2D eigenvalue weighted by atomic mass is 9.99. The Morgan fingerprint density at radius 3 is 2.26 bits per heavy atom. The number of rotatable bonds is 9. The third-order valence-electron chi connectivity index (χ3n) is 5.72. The summed E-state index contributed by atoms with van der Waals surface area (Å²) < 4.78 is 12.2. The highest BCUT2D eigenvalue weighted by Gasteiger charge is 2.29. The van der Waals surface area contributed by atoms with Gasteiger partial charge in [-0.05, 0) is 17.5 Å². The van der Waals surface area contributed by atoms with Crippen molar-refractivity contribution in [2.75, 3.05) is 13.7 Å². The van der Waals surface area contributed by atoms with E-state index in [0.717, 1.165) is 16.8 Å². The summed E-state index contributed by atoms with van der Waals surface area (Å²) in [5.74, 6) is -2.28. The molecule has 0 saturated heterocycles. The van der Waals surface area contributed by atoms with E-state index in [2.05, 4.69) is 0 Å². The Hall–Kier alpha value is -4.46. The van der Waals surface area contributed by atoms with Crippen LogP contribution in [0.5, 0.6) is 5.75 Å². The molecule has 8 heteroatoms. The summed E-state index contributed by atoms with van der Waals surface area (Å²) in [5.41, 5.74) is 9.63. The number of esters is 1. The highest BCUT2D eigenvalue weighted by molar-refractivity contribution is 6.44. The van der Waals surface area contributed by atoms with Crippen LogP contribution in [0.25, 0.3) is 16.8 Å². The number of carbonyl (C=O) groups is 3. The first-order valence-corrected chi connectivity index (χ1v) is 11.1. The molecule has 4 rings (SSSR count). The molecule has 1 amide bonds. The van der Waals surface area contributed by atoms with E-state index in [0.29, 0.717) is 29.6 Å². The molecule has 0 atom stereocenters. The zero-order valence-electron chi connectivity index (χ0n) is 19.5. The number of Topliss-reactive ketones (excluding diaryl/α,β-unsaturated/α-hetero) is 1. The highest BCUT2D eigenvalue weighted by atomic mass is 16.6. The van der Waals surface area contributed by atoms with Crippen molar-refractivity contribution in [1.82, 2.24) is 9.61 Å². The van der Waals surface area contributed by atoms with Crippen LogP contribution < -0.4 is 10.5 Å². The molecule has 0 aliphatic rings. The topological polar surface area (TPSA) is 113 Å². The van der Waals surface area contributed by atoms with E-state index in [4.69, 9.17) is 20.3 Å². The van der Waals surface area contributed by atoms with Gasteiger partial charge in [-0.25, -0.2) is 9.31 Å². The lowest BCUT2D eigenvalue weighted by molar-refractivity contribution is -0.142. The number of amides is 1. The number of hydrogen-bond donors (Lipinski definition) is 1. The number of ketones is 1. The van der Waals surface area contributed by atoms with Crippen molar-refractivity contribution in [2.45, 2.75) is 19.8 Å². The largest absolute Gasteiger partial charge is 0.480 e. The zero-order chi connectivity index (χ0) is 24.9. The predicted molar refractivity (Wildman–Crippen MR) is 130 cm³/mol. The van der Waals surface area contributed by atoms with Crippen molar-refractivity contribution in [3.8, 4) is 17.0 Å². The molecular formula is C27H25N3O5. The Bertz CT molecular complexity index is 1400. The summed E-state index contributed by atoms with van der Waals surface area (Å²) >= 11 is 0. The molecule has 0 aliphatic heterocycles. The quantitative estimate of drug-likeness (QED) is 0.227. The smallest absolute Gasteiger partial charge is 0.343 e. The molecule has 0 spiro atoms. The van der Waals surface area contributed by atoms with Gasteiger partial charge < -0.3 is 15.2 Å². The average Bonchev–Trinajstić information content (AvgIpc) is 3.20. The van der Waals surface area contributed by atoms with Crippen LogP contribution in [0.15, 0.2) is 66.7 Å². The summed E-state index contributed by atoms with van der Waals surface area (Å²) in [6.45, 7) is 1.52. The highest BCUT2D eigenvalue weighted by Crippen LogP contribution is 2.35. The monoisotopic (exact) mass is 471 g/mol. The standard InChI is InChI=1S/C27H25N3O5/c1-3-19-21(14-17-10-6-4-7-11-17)30-25(24(19)26(32)27(28)33)22(35-16-23(31)34-2)15-20(29-30)18-12-8-5-9-13-18/h4-13,15H,3,14,16H2,1-2H3,(H2,28,33). The van der Waals surface area contributed by atoms with E-state index >= 15 is 0 Å². The van der Waals surface area contributed by atoms with Gasteiger partial charge in [-0.3, -0.25) is 9.59 Å². The van der Waals surface area contributed by atoms with E-state index in [1.807, 2.05) is 67.6 Å². The van der Waals surface area contributed by atoms with Crippen molar-refractivity contribution in [2.24, 2.45) is 5.73 Å². The molecule has 8 nitrogen and oxygen atoms in total. The third kappa shape index (κ3) is 4.77. The van der Waals surface area contributed by atoms with Crippen molar-refractivity contribution in [1.29, 1.82) is 0 Å². The minimum Gasteiger partial charge on any atom is -0.480 e. The van der Waals surface area contributed by atoms with Crippen molar-refractivity contribution < 1.29 is 23.9 Å². The second kappa shape index (κ2) is 10.2. The van der Waals surface area contributed by atoms with E-state index in [1.165, 1.54) is 7.11 Å². The molecule has 35 heavy (non-hydrogen) atoms. The molecule has 2 heterocycles. The van der Waals surface area contributed by atoms with Crippen LogP contribution in [0.2, 0.25) is 0 Å². The zero-order valence-corrected chi connectivity index (χ0v) is 19.5. The Balaban J connectivity index is 2.05. The van der Waals surface area contributed by atoms with E-state index in [9.17, 15) is 14.4 Å². The number of primary amides is 1. The number of nitrogens with two attached hydrogens (primary N) is 1. The summed E-state index contributed by atoms with van der Waals surface area (Å²) in [6, 6.07) is 20.8. The fourth-order valence-electron chi connectivity index (χ4n) is 4.10. The number of hydrogen-bond acceptors (Lipinski definition) is 6. The number of carbonyl (C=O) groups excluding carboxylic acids is 3. The molecule has 0 saturated carbocycles. The predicted octanol–water partition coefficient (Wildman–Crippen LogP) is 3.37. The third-order valence-corrected chi connectivity index (χ3v) is 5.72. The van der Waals surface area contributed by atoms with Gasteiger partial charge in [0.2, 0.25) is 0 Å². The van der Waals surface area contributed by atoms with Crippen LogP contribution in [0.4, 0.5) is 0 Å². The fraction of sp³-hybridized carbons (Fsp3) is 0.185. The molecule has 0 aliphatic carbocycles. The molecule has 178 valence electrons. The first kappa shape index (κ1) is 23.7. The average molecular weight is 472 g/mol. The number of fused-ring (bicyclic) bond motifs is 1. The number of nitrogens with zero attached hydrogens (tertiary/aromatic N) is 2. The van der Waals surface area contributed by atoms with Gasteiger partial charge in [0.1, 0.15) is 11.3 Å². The summed E-state index contributed by atoms with van der Waals surface area (Å²) in [4.78, 5) is 36.9. The summed E-state index contributed by atoms with van der Waals surface area (Å²) in [6.07, 6.45) is 0.913. The molecule has 0 radical (unpaired) electrons. The Morgan fingerprint density at radius 2 is 1.66 bits per heavy atom. The maximum atomic E-state index is 13.0. The van der Waals surface area contributed by atoms with Crippen LogP contribution in [0, 0.1) is 0 Å². The van der Waals surface area contributed by atoms with E-state index in [-0.39, 0.29) is 17.9 Å². The van der Waals surface area contributed by atoms with Gasteiger partial charge in [0.25, 0.3) is 11.7 Å². The van der Waals surface area contributed by atoms with Gasteiger partial charge in [0, 0.05) is 18.1 Å². The lowest BCUT2D eigenvalue weighted by Gasteiger charge is -2.12. The van der Waals surface area contributed by atoms with Gasteiger partial charge in [-0.2, -0.15) is 5.10 Å². The lowest BCUT2D eigenvalue weighted by Crippen LogP contribution is -2.24. The first-order chi connectivity index (χ1) is 16.9. The molecule has 0 fully saturated rings. The SMILES string of the molecule is CCc1c(C(=O)C(N)=O)c2c(OCC(=O)OC)cc(-c3ccccc3)nn2c1Cc1ccccc1. The summed E-state index contributed by atoms with van der Waals surface area (Å²) in [7, 11) is 1.26. The van der Waals surface area contributed by atoms with Crippen LogP contribution in [-0.2, 0) is 27.2 Å². The second-order valence-electron chi connectivity index (χ2n) is 7.89. The van der Waals surface area contributed by atoms with Crippen LogP contribution in [0.1, 0.15) is 34.1 Å². The van der Waals surface area contributed by atoms with Crippen molar-refractivity contribution in [3.63, 3.8) is 0 Å². The number of benzene rings is 2.